The van der Waals surface area contributed by atoms with E-state index in [1.54, 1.807) is 4.90 Å². The Kier molecular flexibility index (Phi) is 6.15. The van der Waals surface area contributed by atoms with Gasteiger partial charge in [-0.3, -0.25) is 4.79 Å². The van der Waals surface area contributed by atoms with Gasteiger partial charge in [-0.05, 0) is 18.9 Å². The fraction of sp³-hybridized carbons (Fsp3) is 0.562. The molecule has 0 radical (unpaired) electrons. The minimum absolute atomic E-state index is 0.00601. The van der Waals surface area contributed by atoms with Crippen LogP contribution < -0.4 is 5.73 Å². The van der Waals surface area contributed by atoms with E-state index in [4.69, 9.17) is 5.73 Å². The third-order valence-corrected chi connectivity index (χ3v) is 5.84. The number of piperazine rings is 1. The normalized spacial score (nSPS) is 17.9. The first-order valence-corrected chi connectivity index (χ1v) is 9.54. The molecule has 0 saturated carbocycles. The number of carbonyl (C=O) groups excluding carboxylic acids is 1. The molecule has 0 aromatic heterocycles. The van der Waals surface area contributed by atoms with Crippen LogP contribution in [-0.2, 0) is 20.6 Å². The number of nitrogens with zero attached hydrogens (tertiary/aromatic N) is 2. The molecule has 1 saturated heterocycles. The first-order valence-electron chi connectivity index (χ1n) is 7.93. The molecule has 128 valence electrons. The van der Waals surface area contributed by atoms with Crippen molar-refractivity contribution in [1.82, 2.24) is 9.21 Å². The molecule has 0 spiro atoms. The van der Waals surface area contributed by atoms with Gasteiger partial charge in [0.1, 0.15) is 0 Å². The lowest BCUT2D eigenvalue weighted by Gasteiger charge is -2.34. The molecule has 0 bridgehead atoms. The van der Waals surface area contributed by atoms with Crippen molar-refractivity contribution in [2.75, 3.05) is 26.2 Å². The summed E-state index contributed by atoms with van der Waals surface area (Å²) in [7, 11) is -3.34. The summed E-state index contributed by atoms with van der Waals surface area (Å²) in [5, 5.41) is 0. The summed E-state index contributed by atoms with van der Waals surface area (Å²) in [6.07, 6.45) is 1.08. The number of benzene rings is 1. The fourth-order valence-electron chi connectivity index (χ4n) is 2.60. The summed E-state index contributed by atoms with van der Waals surface area (Å²) < 4.78 is 26.4. The van der Waals surface area contributed by atoms with Crippen LogP contribution in [0.5, 0.6) is 0 Å². The van der Waals surface area contributed by atoms with Gasteiger partial charge >= 0.3 is 0 Å². The molecule has 6 nitrogen and oxygen atoms in total. The van der Waals surface area contributed by atoms with Gasteiger partial charge in [0.05, 0.1) is 5.75 Å². The Morgan fingerprint density at radius 2 is 1.78 bits per heavy atom. The standard InChI is InChI=1S/C16H25N3O3S/c1-14(17)7-8-16(20)18-9-11-19(12-10-18)23(21,22)13-15-5-3-2-4-6-15/h2-6,14H,7-13,17H2,1H3. The van der Waals surface area contributed by atoms with Gasteiger partial charge in [-0.25, -0.2) is 8.42 Å². The van der Waals surface area contributed by atoms with Crippen molar-refractivity contribution >= 4 is 15.9 Å². The van der Waals surface area contributed by atoms with E-state index in [0.717, 1.165) is 5.56 Å². The molecule has 1 unspecified atom stereocenters. The third kappa shape index (κ3) is 5.30. The zero-order chi connectivity index (χ0) is 16.9. The number of sulfonamides is 1. The van der Waals surface area contributed by atoms with Crippen molar-refractivity contribution in [3.8, 4) is 0 Å². The molecule has 1 aliphatic rings. The van der Waals surface area contributed by atoms with E-state index >= 15 is 0 Å². The van der Waals surface area contributed by atoms with E-state index in [9.17, 15) is 13.2 Å². The van der Waals surface area contributed by atoms with E-state index in [1.807, 2.05) is 37.3 Å². The van der Waals surface area contributed by atoms with Gasteiger partial charge in [0.25, 0.3) is 0 Å². The van der Waals surface area contributed by atoms with Crippen LogP contribution in [0.15, 0.2) is 30.3 Å². The maximum absolute atomic E-state index is 12.5. The number of rotatable bonds is 6. The Bertz CT molecular complexity index is 609. The highest BCUT2D eigenvalue weighted by molar-refractivity contribution is 7.88. The molecule has 0 aliphatic carbocycles. The average molecular weight is 339 g/mol. The van der Waals surface area contributed by atoms with Crippen LogP contribution in [0.3, 0.4) is 0 Å². The molecule has 1 fully saturated rings. The predicted octanol–water partition coefficient (Wildman–Crippen LogP) is 0.788. The highest BCUT2D eigenvalue weighted by Crippen LogP contribution is 2.14. The molecule has 7 heteroatoms. The summed E-state index contributed by atoms with van der Waals surface area (Å²) in [5.74, 6) is 0.0642. The average Bonchev–Trinajstić information content (AvgIpc) is 2.53. The Balaban J connectivity index is 1.87. The summed E-state index contributed by atoms with van der Waals surface area (Å²) in [6, 6.07) is 9.16. The van der Waals surface area contributed by atoms with Gasteiger partial charge in [0.2, 0.25) is 15.9 Å². The molecule has 1 atom stereocenters. The number of hydrogen-bond acceptors (Lipinski definition) is 4. The van der Waals surface area contributed by atoms with E-state index < -0.39 is 10.0 Å². The molecular formula is C16H25N3O3S. The van der Waals surface area contributed by atoms with Crippen molar-refractivity contribution < 1.29 is 13.2 Å². The molecule has 1 heterocycles. The van der Waals surface area contributed by atoms with E-state index in [2.05, 4.69) is 0 Å². The monoisotopic (exact) mass is 339 g/mol. The Morgan fingerprint density at radius 3 is 2.35 bits per heavy atom. The van der Waals surface area contributed by atoms with Gasteiger partial charge in [-0.15, -0.1) is 0 Å². The second-order valence-electron chi connectivity index (χ2n) is 6.04. The molecule has 2 N–H and O–H groups in total. The summed E-state index contributed by atoms with van der Waals surface area (Å²) >= 11 is 0. The van der Waals surface area contributed by atoms with Gasteiger partial charge in [-0.1, -0.05) is 30.3 Å². The molecule has 2 rings (SSSR count). The number of hydrogen-bond donors (Lipinski definition) is 1. The molecular weight excluding hydrogens is 314 g/mol. The van der Waals surface area contributed by atoms with Crippen LogP contribution in [0, 0.1) is 0 Å². The Labute approximate surface area is 138 Å². The molecule has 1 aliphatic heterocycles. The van der Waals surface area contributed by atoms with Gasteiger partial charge in [0.15, 0.2) is 0 Å². The quantitative estimate of drug-likeness (QED) is 0.830. The van der Waals surface area contributed by atoms with Crippen LogP contribution in [0.25, 0.3) is 0 Å². The van der Waals surface area contributed by atoms with Gasteiger partial charge in [-0.2, -0.15) is 4.31 Å². The van der Waals surface area contributed by atoms with Gasteiger partial charge in [0, 0.05) is 38.6 Å². The summed E-state index contributed by atoms with van der Waals surface area (Å²) in [6.45, 7) is 3.50. The minimum atomic E-state index is -3.34. The summed E-state index contributed by atoms with van der Waals surface area (Å²) in [5.41, 5.74) is 6.44. The van der Waals surface area contributed by atoms with Crippen molar-refractivity contribution in [1.29, 1.82) is 0 Å². The van der Waals surface area contributed by atoms with E-state index in [1.165, 1.54) is 4.31 Å². The zero-order valence-corrected chi connectivity index (χ0v) is 14.3. The van der Waals surface area contributed by atoms with Crippen molar-refractivity contribution in [2.45, 2.75) is 31.6 Å². The van der Waals surface area contributed by atoms with E-state index in [-0.39, 0.29) is 17.7 Å². The lowest BCUT2D eigenvalue weighted by atomic mass is 10.2. The second-order valence-corrected chi connectivity index (χ2v) is 8.01. The highest BCUT2D eigenvalue weighted by Gasteiger charge is 2.28. The predicted molar refractivity (Wildman–Crippen MR) is 90.1 cm³/mol. The molecule has 1 amide bonds. The number of nitrogens with two attached hydrogens (primary N) is 1. The largest absolute Gasteiger partial charge is 0.340 e. The smallest absolute Gasteiger partial charge is 0.222 e. The molecule has 1 aromatic rings. The van der Waals surface area contributed by atoms with Crippen molar-refractivity contribution in [2.24, 2.45) is 5.73 Å². The highest BCUT2D eigenvalue weighted by atomic mass is 32.2. The lowest BCUT2D eigenvalue weighted by molar-refractivity contribution is -0.132. The maximum Gasteiger partial charge on any atom is 0.222 e. The number of amides is 1. The molecule has 1 aromatic carbocycles. The lowest BCUT2D eigenvalue weighted by Crippen LogP contribution is -2.50. The van der Waals surface area contributed by atoms with Crippen LogP contribution >= 0.6 is 0 Å². The molecule has 23 heavy (non-hydrogen) atoms. The van der Waals surface area contributed by atoms with Crippen molar-refractivity contribution in [3.05, 3.63) is 35.9 Å². The number of carbonyl (C=O) groups is 1. The van der Waals surface area contributed by atoms with Crippen LogP contribution in [0.2, 0.25) is 0 Å². The van der Waals surface area contributed by atoms with Crippen LogP contribution in [0.4, 0.5) is 0 Å². The Morgan fingerprint density at radius 1 is 1.17 bits per heavy atom. The second kappa shape index (κ2) is 7.90. The zero-order valence-electron chi connectivity index (χ0n) is 13.5. The SMILES string of the molecule is CC(N)CCC(=O)N1CCN(S(=O)(=O)Cc2ccccc2)CC1. The fourth-order valence-corrected chi connectivity index (χ4v) is 4.12. The third-order valence-electron chi connectivity index (χ3n) is 3.99. The minimum Gasteiger partial charge on any atom is -0.340 e. The van der Waals surface area contributed by atoms with Crippen molar-refractivity contribution in [3.63, 3.8) is 0 Å². The Hall–Kier alpha value is -1.44. The first kappa shape index (κ1) is 17.9. The van der Waals surface area contributed by atoms with E-state index in [0.29, 0.717) is 39.0 Å². The van der Waals surface area contributed by atoms with Crippen LogP contribution in [-0.4, -0.2) is 55.8 Å². The van der Waals surface area contributed by atoms with Crippen LogP contribution in [0.1, 0.15) is 25.3 Å². The topological polar surface area (TPSA) is 83.7 Å². The first-order chi connectivity index (χ1) is 10.9. The van der Waals surface area contributed by atoms with Gasteiger partial charge < -0.3 is 10.6 Å². The summed E-state index contributed by atoms with van der Waals surface area (Å²) in [4.78, 5) is 13.8. The maximum atomic E-state index is 12.5.